The van der Waals surface area contributed by atoms with Crippen molar-refractivity contribution >= 4 is 30.5 Å². The van der Waals surface area contributed by atoms with E-state index in [-0.39, 0.29) is 24.8 Å². The van der Waals surface area contributed by atoms with Crippen LogP contribution in [-0.2, 0) is 6.54 Å². The monoisotopic (exact) mass is 347 g/mol. The molecule has 0 spiro atoms. The minimum Gasteiger partial charge on any atom is -0.399 e. The summed E-state index contributed by atoms with van der Waals surface area (Å²) >= 11 is 0. The average molecular weight is 348 g/mol. The van der Waals surface area contributed by atoms with E-state index in [4.69, 9.17) is 5.73 Å². The van der Waals surface area contributed by atoms with E-state index in [1.54, 1.807) is 0 Å². The Morgan fingerprint density at radius 2 is 1.77 bits per heavy atom. The normalized spacial score (nSPS) is 16.1. The van der Waals surface area contributed by atoms with Crippen LogP contribution in [0.5, 0.6) is 0 Å². The van der Waals surface area contributed by atoms with Crippen molar-refractivity contribution in [3.8, 4) is 0 Å². The zero-order chi connectivity index (χ0) is 14.4. The number of benzene rings is 1. The van der Waals surface area contributed by atoms with Crippen molar-refractivity contribution in [1.82, 2.24) is 9.80 Å². The zero-order valence-electron chi connectivity index (χ0n) is 13.8. The highest BCUT2D eigenvalue weighted by Gasteiger charge is 2.20. The highest BCUT2D eigenvalue weighted by atomic mass is 35.5. The Kier molecular flexibility index (Phi) is 10.9. The number of rotatable bonds is 6. The van der Waals surface area contributed by atoms with Gasteiger partial charge in [0.25, 0.3) is 0 Å². The number of nitrogens with zero attached hydrogens (tertiary/aromatic N) is 2. The van der Waals surface area contributed by atoms with E-state index in [2.05, 4.69) is 41.8 Å². The van der Waals surface area contributed by atoms with Crippen LogP contribution in [-0.4, -0.2) is 42.5 Å². The van der Waals surface area contributed by atoms with Gasteiger partial charge in [-0.3, -0.25) is 4.90 Å². The summed E-state index contributed by atoms with van der Waals surface area (Å²) in [6, 6.07) is 8.29. The van der Waals surface area contributed by atoms with Gasteiger partial charge in [0.2, 0.25) is 0 Å². The molecule has 0 aromatic heterocycles. The summed E-state index contributed by atoms with van der Waals surface area (Å²) < 4.78 is 0. The topological polar surface area (TPSA) is 32.5 Å². The Labute approximate surface area is 148 Å². The molecule has 5 heteroatoms. The van der Waals surface area contributed by atoms with Gasteiger partial charge >= 0.3 is 0 Å². The first-order chi connectivity index (χ1) is 9.71. The second-order valence-corrected chi connectivity index (χ2v) is 5.95. The van der Waals surface area contributed by atoms with E-state index < -0.39 is 0 Å². The van der Waals surface area contributed by atoms with Gasteiger partial charge in [-0.25, -0.2) is 0 Å². The SMILES string of the molecule is CCN(CC)CC1CCN(Cc2cccc(N)c2)CC1.Cl.Cl. The van der Waals surface area contributed by atoms with Crippen LogP contribution in [0.15, 0.2) is 24.3 Å². The molecule has 128 valence electrons. The molecule has 1 heterocycles. The molecule has 2 rings (SSSR count). The van der Waals surface area contributed by atoms with Crippen LogP contribution in [0.3, 0.4) is 0 Å². The molecular formula is C17H31Cl2N3. The summed E-state index contributed by atoms with van der Waals surface area (Å²) in [5.74, 6) is 0.881. The van der Waals surface area contributed by atoms with Crippen LogP contribution in [0.2, 0.25) is 0 Å². The quantitative estimate of drug-likeness (QED) is 0.797. The fourth-order valence-electron chi connectivity index (χ4n) is 3.12. The highest BCUT2D eigenvalue weighted by Crippen LogP contribution is 2.20. The summed E-state index contributed by atoms with van der Waals surface area (Å²) in [6.07, 6.45) is 2.66. The molecule has 1 saturated heterocycles. The van der Waals surface area contributed by atoms with Gasteiger partial charge in [0, 0.05) is 18.8 Å². The largest absolute Gasteiger partial charge is 0.399 e. The lowest BCUT2D eigenvalue weighted by atomic mass is 9.95. The summed E-state index contributed by atoms with van der Waals surface area (Å²) in [7, 11) is 0. The minimum atomic E-state index is 0. The van der Waals surface area contributed by atoms with Crippen LogP contribution >= 0.6 is 24.8 Å². The molecule has 0 unspecified atom stereocenters. The molecule has 0 radical (unpaired) electrons. The maximum Gasteiger partial charge on any atom is 0.0317 e. The average Bonchev–Trinajstić information content (AvgIpc) is 2.46. The summed E-state index contributed by atoms with van der Waals surface area (Å²) in [4.78, 5) is 5.12. The van der Waals surface area contributed by atoms with Gasteiger partial charge in [-0.1, -0.05) is 26.0 Å². The predicted octanol–water partition coefficient (Wildman–Crippen LogP) is 3.67. The fraction of sp³-hybridized carbons (Fsp3) is 0.647. The third-order valence-corrected chi connectivity index (χ3v) is 4.48. The summed E-state index contributed by atoms with van der Waals surface area (Å²) in [6.45, 7) is 11.7. The Hall–Kier alpha value is -0.480. The Bertz CT molecular complexity index is 403. The minimum absolute atomic E-state index is 0. The van der Waals surface area contributed by atoms with Crippen molar-refractivity contribution in [3.63, 3.8) is 0 Å². The Morgan fingerprint density at radius 3 is 2.32 bits per heavy atom. The maximum absolute atomic E-state index is 5.85. The maximum atomic E-state index is 5.85. The van der Waals surface area contributed by atoms with Crippen molar-refractivity contribution in [2.75, 3.05) is 38.5 Å². The van der Waals surface area contributed by atoms with Crippen molar-refractivity contribution in [1.29, 1.82) is 0 Å². The van der Waals surface area contributed by atoms with Crippen LogP contribution in [0, 0.1) is 5.92 Å². The number of likely N-dealkylation sites (tertiary alicyclic amines) is 1. The molecule has 1 aromatic rings. The van der Waals surface area contributed by atoms with Crippen molar-refractivity contribution in [2.24, 2.45) is 5.92 Å². The number of piperidine rings is 1. The van der Waals surface area contributed by atoms with Gasteiger partial charge in [0.1, 0.15) is 0 Å². The summed E-state index contributed by atoms with van der Waals surface area (Å²) in [5, 5.41) is 0. The number of hydrogen-bond donors (Lipinski definition) is 1. The van der Waals surface area contributed by atoms with Gasteiger partial charge in [-0.05, 0) is 62.6 Å². The molecule has 1 fully saturated rings. The molecule has 22 heavy (non-hydrogen) atoms. The number of halogens is 2. The van der Waals surface area contributed by atoms with Crippen LogP contribution < -0.4 is 5.73 Å². The highest BCUT2D eigenvalue weighted by molar-refractivity contribution is 5.85. The van der Waals surface area contributed by atoms with Gasteiger partial charge in [0.05, 0.1) is 0 Å². The summed E-state index contributed by atoms with van der Waals surface area (Å²) in [5.41, 5.74) is 8.06. The molecule has 1 aromatic carbocycles. The number of hydrogen-bond acceptors (Lipinski definition) is 3. The lowest BCUT2D eigenvalue weighted by Crippen LogP contribution is -2.38. The van der Waals surface area contributed by atoms with Gasteiger partial charge < -0.3 is 10.6 Å². The molecule has 0 aliphatic carbocycles. The third-order valence-electron chi connectivity index (χ3n) is 4.48. The lowest BCUT2D eigenvalue weighted by molar-refractivity contribution is 0.143. The predicted molar refractivity (Wildman–Crippen MR) is 101 cm³/mol. The number of nitrogens with two attached hydrogens (primary N) is 1. The van der Waals surface area contributed by atoms with E-state index in [9.17, 15) is 0 Å². The van der Waals surface area contributed by atoms with E-state index in [1.165, 1.54) is 51.1 Å². The Balaban J connectivity index is 0.00000220. The second-order valence-electron chi connectivity index (χ2n) is 5.95. The van der Waals surface area contributed by atoms with E-state index >= 15 is 0 Å². The van der Waals surface area contributed by atoms with Crippen molar-refractivity contribution in [3.05, 3.63) is 29.8 Å². The van der Waals surface area contributed by atoms with Crippen molar-refractivity contribution in [2.45, 2.75) is 33.2 Å². The molecule has 2 N–H and O–H groups in total. The fourth-order valence-corrected chi connectivity index (χ4v) is 3.12. The van der Waals surface area contributed by atoms with E-state index in [0.717, 1.165) is 18.2 Å². The van der Waals surface area contributed by atoms with Gasteiger partial charge in [0.15, 0.2) is 0 Å². The van der Waals surface area contributed by atoms with E-state index in [1.807, 2.05) is 6.07 Å². The molecular weight excluding hydrogens is 317 g/mol. The standard InChI is InChI=1S/C17H29N3.2ClH/c1-3-19(4-2)13-15-8-10-20(11-9-15)14-16-6-5-7-17(18)12-16;;/h5-7,12,15H,3-4,8-11,13-14,18H2,1-2H3;2*1H. The zero-order valence-corrected chi connectivity index (χ0v) is 15.5. The molecule has 1 aliphatic rings. The van der Waals surface area contributed by atoms with Crippen molar-refractivity contribution < 1.29 is 0 Å². The molecule has 1 aliphatic heterocycles. The molecule has 0 saturated carbocycles. The molecule has 0 atom stereocenters. The third kappa shape index (κ3) is 6.74. The molecule has 3 nitrogen and oxygen atoms in total. The van der Waals surface area contributed by atoms with Crippen LogP contribution in [0.4, 0.5) is 5.69 Å². The molecule has 0 bridgehead atoms. The second kappa shape index (κ2) is 11.1. The van der Waals surface area contributed by atoms with E-state index in [0.29, 0.717) is 0 Å². The lowest BCUT2D eigenvalue weighted by Gasteiger charge is -2.34. The first kappa shape index (κ1) is 21.5. The van der Waals surface area contributed by atoms with Crippen LogP contribution in [0.25, 0.3) is 0 Å². The van der Waals surface area contributed by atoms with Gasteiger partial charge in [-0.2, -0.15) is 0 Å². The van der Waals surface area contributed by atoms with Crippen LogP contribution in [0.1, 0.15) is 32.3 Å². The molecule has 0 amide bonds. The smallest absolute Gasteiger partial charge is 0.0317 e. The Morgan fingerprint density at radius 1 is 1.14 bits per heavy atom. The first-order valence-corrected chi connectivity index (χ1v) is 8.00. The number of anilines is 1. The number of nitrogen functional groups attached to an aromatic ring is 1. The van der Waals surface area contributed by atoms with Gasteiger partial charge in [-0.15, -0.1) is 24.8 Å². The first-order valence-electron chi connectivity index (χ1n) is 8.00.